The van der Waals surface area contributed by atoms with Crippen molar-refractivity contribution in [2.75, 3.05) is 72.7 Å². The van der Waals surface area contributed by atoms with Gasteiger partial charge >= 0.3 is 29.8 Å². The number of rotatable bonds is 0. The number of Topliss-reactive ketones (excluding diaryl/α,β-unsaturated/α-hetero) is 1. The molecule has 20 aliphatic rings. The van der Waals surface area contributed by atoms with Crippen LogP contribution in [0, 0.1) is 71.0 Å². The van der Waals surface area contributed by atoms with Gasteiger partial charge in [0.2, 0.25) is 0 Å². The number of carbonyl (C=O) groups excluding carboxylic acids is 6. The third-order valence-electron chi connectivity index (χ3n) is 21.6. The summed E-state index contributed by atoms with van der Waals surface area (Å²) in [4.78, 5) is 64.2. The van der Waals surface area contributed by atoms with Crippen LogP contribution < -0.4 is 0 Å². The number of fused-ring (bicyclic) bond motifs is 6. The zero-order valence-electron chi connectivity index (χ0n) is 74.7. The first kappa shape index (κ1) is 109. The van der Waals surface area contributed by atoms with Crippen molar-refractivity contribution in [1.29, 1.82) is 0 Å². The van der Waals surface area contributed by atoms with E-state index in [9.17, 15) is 28.8 Å². The van der Waals surface area contributed by atoms with E-state index >= 15 is 0 Å². The van der Waals surface area contributed by atoms with Crippen molar-refractivity contribution >= 4 is 35.6 Å². The summed E-state index contributed by atoms with van der Waals surface area (Å²) in [6, 6.07) is 0. The van der Waals surface area contributed by atoms with Crippen LogP contribution in [0.1, 0.15) is 390 Å². The second-order valence-corrected chi connectivity index (χ2v) is 28.4. The Balaban J connectivity index is -0.00000110. The average Bonchev–Trinajstić information content (AvgIpc) is 1.32. The molecule has 10 aliphatic heterocycles. The lowest BCUT2D eigenvalue weighted by Crippen LogP contribution is -2.45. The minimum absolute atomic E-state index is 0.0255. The molecule has 10 aliphatic carbocycles. The van der Waals surface area contributed by atoms with E-state index in [0.717, 1.165) is 165 Å². The van der Waals surface area contributed by atoms with E-state index in [-0.39, 0.29) is 41.9 Å². The fourth-order valence-corrected chi connectivity index (χ4v) is 17.2. The maximum Gasteiger partial charge on any atom is 0.309 e. The molecule has 0 aromatic rings. The molecular formula is C92H178O16. The maximum absolute atomic E-state index is 11.6. The van der Waals surface area contributed by atoms with Gasteiger partial charge in [0.1, 0.15) is 18.0 Å². The van der Waals surface area contributed by atoms with Gasteiger partial charge in [0.05, 0.1) is 50.5 Å². The summed E-state index contributed by atoms with van der Waals surface area (Å²) in [6.45, 7) is 54.1. The molecule has 16 nitrogen and oxygen atoms in total. The van der Waals surface area contributed by atoms with Gasteiger partial charge in [0, 0.05) is 83.3 Å². The topological polar surface area (TPSA) is 195 Å². The number of hydrogen-bond donors (Lipinski definition) is 0. The molecule has 0 aromatic heterocycles. The molecule has 0 amide bonds. The fourth-order valence-electron chi connectivity index (χ4n) is 17.2. The van der Waals surface area contributed by atoms with Crippen molar-refractivity contribution in [2.24, 2.45) is 71.0 Å². The number of carbonyl (C=O) groups is 6. The summed E-state index contributed by atoms with van der Waals surface area (Å²) in [5.74, 6) is 9.55. The lowest BCUT2D eigenvalue weighted by atomic mass is 9.56. The molecule has 0 radical (unpaired) electrons. The van der Waals surface area contributed by atoms with Crippen LogP contribution in [0.25, 0.3) is 0 Å². The van der Waals surface area contributed by atoms with Crippen molar-refractivity contribution in [1.82, 2.24) is 0 Å². The number of cyclic esters (lactones) is 3. The van der Waals surface area contributed by atoms with Gasteiger partial charge < -0.3 is 47.4 Å². The van der Waals surface area contributed by atoms with Gasteiger partial charge in [-0.1, -0.05) is 172 Å². The minimum atomic E-state index is -0.0463. The molecule has 10 saturated carbocycles. The van der Waals surface area contributed by atoms with Crippen LogP contribution in [-0.4, -0.2) is 133 Å². The molecule has 0 N–H and O–H groups in total. The molecule has 20 rings (SSSR count). The molecular weight excluding hydrogens is 1360 g/mol. The zero-order chi connectivity index (χ0) is 81.7. The predicted octanol–water partition coefficient (Wildman–Crippen LogP) is 24.1. The molecule has 642 valence electrons. The first-order valence-electron chi connectivity index (χ1n) is 46.5. The molecule has 0 aromatic carbocycles. The molecule has 108 heavy (non-hydrogen) atoms. The maximum atomic E-state index is 11.6. The minimum Gasteiger partial charge on any atom is -0.466 e. The number of ketones is 1. The molecule has 12 atom stereocenters. The van der Waals surface area contributed by atoms with Crippen LogP contribution in [0.5, 0.6) is 0 Å². The van der Waals surface area contributed by atoms with Crippen molar-refractivity contribution in [2.45, 2.75) is 414 Å². The highest BCUT2D eigenvalue weighted by Crippen LogP contribution is 2.55. The average molecular weight is 1540 g/mol. The Bertz CT molecular complexity index is 1930. The first-order valence-corrected chi connectivity index (χ1v) is 46.5. The second kappa shape index (κ2) is 75.2. The highest BCUT2D eigenvalue weighted by molar-refractivity contribution is 5.85. The van der Waals surface area contributed by atoms with Crippen LogP contribution in [0.15, 0.2) is 0 Å². The summed E-state index contributed by atoms with van der Waals surface area (Å²) < 4.78 is 50.5. The normalized spacial score (nSPS) is 31.2. The van der Waals surface area contributed by atoms with E-state index < -0.39 is 0 Å². The van der Waals surface area contributed by atoms with E-state index in [4.69, 9.17) is 37.9 Å². The number of hydrogen-bond acceptors (Lipinski definition) is 16. The molecule has 12 unspecified atom stereocenters. The van der Waals surface area contributed by atoms with Gasteiger partial charge in [-0.15, -0.1) is 0 Å². The highest BCUT2D eigenvalue weighted by atomic mass is 16.6. The molecule has 0 spiro atoms. The van der Waals surface area contributed by atoms with E-state index in [1.807, 2.05) is 152 Å². The molecule has 20 fully saturated rings. The van der Waals surface area contributed by atoms with E-state index in [2.05, 4.69) is 9.47 Å². The smallest absolute Gasteiger partial charge is 0.309 e. The summed E-state index contributed by atoms with van der Waals surface area (Å²) >= 11 is 0. The van der Waals surface area contributed by atoms with Crippen molar-refractivity contribution in [3.05, 3.63) is 0 Å². The Hall–Kier alpha value is -3.18. The lowest BCUT2D eigenvalue weighted by Gasteiger charge is -2.48. The van der Waals surface area contributed by atoms with Gasteiger partial charge in [0.15, 0.2) is 0 Å². The van der Waals surface area contributed by atoms with Crippen molar-refractivity contribution < 1.29 is 76.1 Å². The van der Waals surface area contributed by atoms with Crippen LogP contribution in [-0.2, 0) is 76.1 Å². The van der Waals surface area contributed by atoms with Gasteiger partial charge in [0.25, 0.3) is 0 Å². The second-order valence-electron chi connectivity index (χ2n) is 28.4. The van der Waals surface area contributed by atoms with Crippen molar-refractivity contribution in [3.8, 4) is 0 Å². The van der Waals surface area contributed by atoms with E-state index in [1.54, 1.807) is 0 Å². The summed E-state index contributed by atoms with van der Waals surface area (Å²) in [7, 11) is 0. The predicted molar refractivity (Wildman–Crippen MR) is 447 cm³/mol. The summed E-state index contributed by atoms with van der Waals surface area (Å²) in [6.07, 6.45) is 46.0. The Morgan fingerprint density at radius 3 is 1.05 bits per heavy atom. The zero-order valence-corrected chi connectivity index (χ0v) is 74.7. The highest BCUT2D eigenvalue weighted by Gasteiger charge is 2.56. The van der Waals surface area contributed by atoms with E-state index in [1.165, 1.54) is 148 Å². The van der Waals surface area contributed by atoms with Gasteiger partial charge in [-0.05, 0) is 240 Å². The van der Waals surface area contributed by atoms with Crippen LogP contribution in [0.3, 0.4) is 0 Å². The number of ether oxygens (including phenoxy) is 10. The third-order valence-corrected chi connectivity index (χ3v) is 21.6. The van der Waals surface area contributed by atoms with Gasteiger partial charge in [-0.25, -0.2) is 0 Å². The molecule has 10 heterocycles. The molecule has 10 saturated heterocycles. The van der Waals surface area contributed by atoms with Gasteiger partial charge in [-0.2, -0.15) is 0 Å². The Morgan fingerprint density at radius 2 is 0.657 bits per heavy atom. The summed E-state index contributed by atoms with van der Waals surface area (Å²) in [5.41, 5.74) is 0. The van der Waals surface area contributed by atoms with Crippen LogP contribution in [0.2, 0.25) is 0 Å². The fraction of sp³-hybridized carbons (Fsp3) is 0.935. The molecule has 12 bridgehead atoms. The van der Waals surface area contributed by atoms with Crippen molar-refractivity contribution in [3.63, 3.8) is 0 Å². The van der Waals surface area contributed by atoms with Crippen LogP contribution >= 0.6 is 0 Å². The Morgan fingerprint density at radius 1 is 0.259 bits per heavy atom. The largest absolute Gasteiger partial charge is 0.466 e. The quantitative estimate of drug-likeness (QED) is 0.164. The third kappa shape index (κ3) is 45.6. The standard InChI is InChI=1S/C10H14O.C8H10O2.C8H12O.C7H10O2.C7H12O.C6H10O2.C6H12O.C5H8O2.C5H10O.C4H6O2.C4H8O.11C2H6/c11-10-8-2-6-1-7(4-8)5-9(10)3-6;9-8-6-2-4-1-5(6)7(3-4)10-8;1-5-2-7-6(1)4-9-8(7)3-5;8-7-5-2-1-3-6(4-5)9-7;1-2-6-4-7(3-1)8-5-6;7-6-4-2-1-3-5-8-6;1-2-4-6-7-5-3-1;6-5-3-1-2-4-7-5;1-2-4-6-5-3-1;5-4-2-1-3-6-4;1-2-4-5-3-1;11*1-2/h6-9H,1-5H2;4-7H,1-3H2;5-8H,1-4H2;5-6H,1-4H2;6-7H,1-5H2;1-5H2;1-6H2;1-4H2;1-5H2;1-3H2;1-4H2;11*1-2H3. The van der Waals surface area contributed by atoms with E-state index in [0.29, 0.717) is 86.8 Å². The first-order chi connectivity index (χ1) is 53.1. The lowest BCUT2D eigenvalue weighted by molar-refractivity contribution is -0.147. The molecule has 16 heteroatoms. The van der Waals surface area contributed by atoms with Crippen LogP contribution in [0.4, 0.5) is 0 Å². The number of esters is 5. The Labute approximate surface area is 666 Å². The Kier molecular flexibility index (Phi) is 75.9. The SMILES string of the molecule is C1CC2COC(C1)C2.C1CCCOCC1.C1CCOC1.C1CCOCC1.C1OC2CC3CC1C2C3.CC.CC.CC.CC.CC.CC.CC.CC.CC.CC.CC.O=C1C2CC3CC(C2)CC1C3.O=C1CCCCCO1.O=C1CCCCO1.O=C1CCCO1.O=C1OC2CC3CC1C2C3.O=C1OC2CCCC1C2. The van der Waals surface area contributed by atoms with Gasteiger partial charge in [-0.3, -0.25) is 28.8 Å². The summed E-state index contributed by atoms with van der Waals surface area (Å²) in [5, 5.41) is 0. The monoisotopic (exact) mass is 1540 g/mol.